The normalized spacial score (nSPS) is 12.5. The molecule has 158 valence electrons. The van der Waals surface area contributed by atoms with Crippen molar-refractivity contribution in [3.05, 3.63) is 74.5 Å². The van der Waals surface area contributed by atoms with Crippen LogP contribution in [0.5, 0.6) is 0 Å². The molecular weight excluding hydrogens is 398 g/mol. The smallest absolute Gasteiger partial charge is 0.339 e. The van der Waals surface area contributed by atoms with Gasteiger partial charge in [-0.15, -0.1) is 0 Å². The van der Waals surface area contributed by atoms with E-state index in [0.717, 1.165) is 41.6 Å². The number of aryl methyl sites for hydroxylation is 3. The summed E-state index contributed by atoms with van der Waals surface area (Å²) < 4.78 is 5.30. The number of carbonyl (C=O) groups excluding carboxylic acids is 2. The van der Waals surface area contributed by atoms with Crippen molar-refractivity contribution in [2.45, 2.75) is 33.1 Å². The molecule has 0 radical (unpaired) electrons. The van der Waals surface area contributed by atoms with E-state index in [4.69, 9.17) is 4.74 Å². The number of hydrogen-bond donors (Lipinski definition) is 1. The second-order valence-corrected chi connectivity index (χ2v) is 7.62. The number of rotatable bonds is 5. The van der Waals surface area contributed by atoms with E-state index in [2.05, 4.69) is 10.3 Å². The van der Waals surface area contributed by atoms with E-state index in [1.165, 1.54) is 12.1 Å². The summed E-state index contributed by atoms with van der Waals surface area (Å²) >= 11 is 0. The third-order valence-electron chi connectivity index (χ3n) is 5.54. The molecule has 8 heteroatoms. The number of carbonyl (C=O) groups is 2. The Bertz CT molecular complexity index is 1240. The third-order valence-corrected chi connectivity index (χ3v) is 5.54. The quantitative estimate of drug-likeness (QED) is 0.379. The highest BCUT2D eigenvalue weighted by molar-refractivity contribution is 6.06. The molecule has 1 heterocycles. The molecule has 1 N–H and O–H groups in total. The van der Waals surface area contributed by atoms with Crippen molar-refractivity contribution in [3.63, 3.8) is 0 Å². The summed E-state index contributed by atoms with van der Waals surface area (Å²) in [5.74, 6) is -1.24. The van der Waals surface area contributed by atoms with Gasteiger partial charge in [-0.3, -0.25) is 19.9 Å². The SMILES string of the molecule is Cc1cc(NC(=O)COC(=O)c2c3c(nc4ccccc24)CCC3)c([N+](=O)[O-])cc1C. The maximum Gasteiger partial charge on any atom is 0.339 e. The predicted octanol–water partition coefficient (Wildman–Crippen LogP) is 4.04. The number of nitro benzene ring substituents is 1. The highest BCUT2D eigenvalue weighted by Crippen LogP contribution is 2.31. The number of hydrogen-bond acceptors (Lipinski definition) is 6. The van der Waals surface area contributed by atoms with Crippen LogP contribution in [0.25, 0.3) is 10.9 Å². The van der Waals surface area contributed by atoms with Crippen LogP contribution in [0.4, 0.5) is 11.4 Å². The lowest BCUT2D eigenvalue weighted by atomic mass is 10.0. The molecule has 0 fully saturated rings. The summed E-state index contributed by atoms with van der Waals surface area (Å²) in [7, 11) is 0. The Hall–Kier alpha value is -3.81. The Morgan fingerprint density at radius 3 is 2.68 bits per heavy atom. The van der Waals surface area contributed by atoms with Gasteiger partial charge < -0.3 is 10.1 Å². The number of benzene rings is 2. The van der Waals surface area contributed by atoms with Gasteiger partial charge in [-0.2, -0.15) is 0 Å². The van der Waals surface area contributed by atoms with Crippen LogP contribution in [0, 0.1) is 24.0 Å². The fraction of sp³-hybridized carbons (Fsp3) is 0.261. The molecule has 1 amide bonds. The second kappa shape index (κ2) is 8.14. The number of ether oxygens (including phenoxy) is 1. The topological polar surface area (TPSA) is 111 Å². The largest absolute Gasteiger partial charge is 0.452 e. The average Bonchev–Trinajstić information content (AvgIpc) is 3.20. The third kappa shape index (κ3) is 3.96. The van der Waals surface area contributed by atoms with Gasteiger partial charge in [0.2, 0.25) is 0 Å². The van der Waals surface area contributed by atoms with Crippen molar-refractivity contribution in [1.82, 2.24) is 4.98 Å². The molecule has 31 heavy (non-hydrogen) atoms. The van der Waals surface area contributed by atoms with Crippen molar-refractivity contribution >= 4 is 34.2 Å². The van der Waals surface area contributed by atoms with E-state index >= 15 is 0 Å². The van der Waals surface area contributed by atoms with Crippen molar-refractivity contribution in [3.8, 4) is 0 Å². The minimum Gasteiger partial charge on any atom is -0.452 e. The number of pyridine rings is 1. The van der Waals surface area contributed by atoms with Gasteiger partial charge in [-0.1, -0.05) is 18.2 Å². The van der Waals surface area contributed by atoms with Crippen LogP contribution in [0.15, 0.2) is 36.4 Å². The van der Waals surface area contributed by atoms with E-state index in [0.29, 0.717) is 16.5 Å². The number of amides is 1. The zero-order valence-electron chi connectivity index (χ0n) is 17.2. The lowest BCUT2D eigenvalue weighted by molar-refractivity contribution is -0.384. The molecule has 0 spiro atoms. The molecular formula is C23H21N3O5. The first kappa shape index (κ1) is 20.5. The molecule has 0 aliphatic heterocycles. The molecule has 2 aromatic carbocycles. The molecule has 0 saturated carbocycles. The van der Waals surface area contributed by atoms with Crippen LogP contribution in [0.2, 0.25) is 0 Å². The van der Waals surface area contributed by atoms with E-state index in [1.807, 2.05) is 24.3 Å². The van der Waals surface area contributed by atoms with Crippen LogP contribution in [0.3, 0.4) is 0 Å². The number of esters is 1. The average molecular weight is 419 g/mol. The van der Waals surface area contributed by atoms with E-state index in [-0.39, 0.29) is 11.4 Å². The predicted molar refractivity (Wildman–Crippen MR) is 115 cm³/mol. The fourth-order valence-corrected chi connectivity index (χ4v) is 3.89. The van der Waals surface area contributed by atoms with Gasteiger partial charge in [-0.05, 0) is 61.9 Å². The first-order valence-electron chi connectivity index (χ1n) is 9.98. The Morgan fingerprint density at radius 1 is 1.16 bits per heavy atom. The molecule has 8 nitrogen and oxygen atoms in total. The Labute approximate surface area is 178 Å². The zero-order chi connectivity index (χ0) is 22.1. The van der Waals surface area contributed by atoms with Crippen molar-refractivity contribution in [2.24, 2.45) is 0 Å². The van der Waals surface area contributed by atoms with Gasteiger partial charge in [0, 0.05) is 17.1 Å². The minimum absolute atomic E-state index is 0.0735. The standard InChI is InChI=1S/C23H21N3O5/c1-13-10-19(20(26(29)30)11-14(13)2)25-21(27)12-31-23(28)22-15-6-3-4-8-17(15)24-18-9-5-7-16(18)22/h3-4,6,8,10-11H,5,7,9,12H2,1-2H3,(H,25,27). The number of para-hydroxylation sites is 1. The summed E-state index contributed by atoms with van der Waals surface area (Å²) in [5, 5.41) is 14.5. The van der Waals surface area contributed by atoms with Gasteiger partial charge in [0.1, 0.15) is 5.69 Å². The first-order valence-corrected chi connectivity index (χ1v) is 9.98. The van der Waals surface area contributed by atoms with Crippen LogP contribution in [-0.4, -0.2) is 28.4 Å². The Balaban J connectivity index is 1.54. The Morgan fingerprint density at radius 2 is 1.90 bits per heavy atom. The molecule has 0 bridgehead atoms. The maximum absolute atomic E-state index is 12.9. The molecule has 0 unspecified atom stereocenters. The number of anilines is 1. The summed E-state index contributed by atoms with van der Waals surface area (Å²) in [5.41, 5.74) is 4.33. The zero-order valence-corrected chi connectivity index (χ0v) is 17.2. The molecule has 0 atom stereocenters. The molecule has 1 aromatic heterocycles. The van der Waals surface area contributed by atoms with Crippen molar-refractivity contribution in [1.29, 1.82) is 0 Å². The minimum atomic E-state index is -0.644. The number of nitrogens with zero attached hydrogens (tertiary/aromatic N) is 2. The number of nitro groups is 1. The van der Waals surface area contributed by atoms with E-state index < -0.39 is 23.4 Å². The van der Waals surface area contributed by atoms with Crippen molar-refractivity contribution in [2.75, 3.05) is 11.9 Å². The molecule has 0 saturated heterocycles. The summed E-state index contributed by atoms with van der Waals surface area (Å²) in [6.45, 7) is 3.01. The van der Waals surface area contributed by atoms with Gasteiger partial charge in [-0.25, -0.2) is 4.79 Å². The molecule has 3 aromatic rings. The van der Waals surface area contributed by atoms with Gasteiger partial charge in [0.05, 0.1) is 16.0 Å². The van der Waals surface area contributed by atoms with Crippen LogP contribution in [-0.2, 0) is 22.4 Å². The fourth-order valence-electron chi connectivity index (χ4n) is 3.89. The lowest BCUT2D eigenvalue weighted by Crippen LogP contribution is -2.22. The van der Waals surface area contributed by atoms with Crippen LogP contribution in [0.1, 0.15) is 39.2 Å². The van der Waals surface area contributed by atoms with E-state index in [9.17, 15) is 19.7 Å². The maximum atomic E-state index is 12.9. The van der Waals surface area contributed by atoms with E-state index in [1.54, 1.807) is 13.8 Å². The van der Waals surface area contributed by atoms with Crippen LogP contribution < -0.4 is 5.32 Å². The monoisotopic (exact) mass is 419 g/mol. The van der Waals surface area contributed by atoms with Crippen molar-refractivity contribution < 1.29 is 19.2 Å². The number of nitrogens with one attached hydrogen (secondary N) is 1. The summed E-state index contributed by atoms with van der Waals surface area (Å²) in [6, 6.07) is 10.3. The van der Waals surface area contributed by atoms with Gasteiger partial charge in [0.25, 0.3) is 11.6 Å². The number of aromatic nitrogens is 1. The molecule has 1 aliphatic rings. The van der Waals surface area contributed by atoms with Gasteiger partial charge in [0.15, 0.2) is 6.61 Å². The first-order chi connectivity index (χ1) is 14.8. The van der Waals surface area contributed by atoms with Gasteiger partial charge >= 0.3 is 5.97 Å². The highest BCUT2D eigenvalue weighted by atomic mass is 16.6. The number of fused-ring (bicyclic) bond motifs is 2. The second-order valence-electron chi connectivity index (χ2n) is 7.62. The summed E-state index contributed by atoms with van der Waals surface area (Å²) in [4.78, 5) is 40.7. The Kier molecular flexibility index (Phi) is 5.37. The molecule has 4 rings (SSSR count). The summed E-state index contributed by atoms with van der Waals surface area (Å²) in [6.07, 6.45) is 2.45. The molecule has 1 aliphatic carbocycles. The highest BCUT2D eigenvalue weighted by Gasteiger charge is 2.25. The van der Waals surface area contributed by atoms with Crippen LogP contribution >= 0.6 is 0 Å². The lowest BCUT2D eigenvalue weighted by Gasteiger charge is -2.12.